The number of benzene rings is 2. The van der Waals surface area contributed by atoms with E-state index < -0.39 is 0 Å². The Balaban J connectivity index is 2.18. The predicted molar refractivity (Wildman–Crippen MR) is 76.2 cm³/mol. The van der Waals surface area contributed by atoms with Crippen molar-refractivity contribution >= 4 is 22.4 Å². The molecule has 2 nitrogen and oxygen atoms in total. The summed E-state index contributed by atoms with van der Waals surface area (Å²) in [5, 5.41) is 23.2. The van der Waals surface area contributed by atoms with E-state index in [2.05, 4.69) is 6.92 Å². The van der Waals surface area contributed by atoms with Gasteiger partial charge < -0.3 is 10.2 Å². The first kappa shape index (κ1) is 11.4. The second-order valence-electron chi connectivity index (χ2n) is 6.18. The zero-order valence-corrected chi connectivity index (χ0v) is 11.5. The van der Waals surface area contributed by atoms with Crippen molar-refractivity contribution in [3.63, 3.8) is 0 Å². The minimum Gasteiger partial charge on any atom is -0.507 e. The molecule has 2 N–H and O–H groups in total. The summed E-state index contributed by atoms with van der Waals surface area (Å²) >= 11 is 6.01. The van der Waals surface area contributed by atoms with Crippen LogP contribution in [0.4, 0.5) is 0 Å². The third-order valence-electron chi connectivity index (χ3n) is 5.01. The van der Waals surface area contributed by atoms with Gasteiger partial charge in [0.25, 0.3) is 0 Å². The lowest BCUT2D eigenvalue weighted by molar-refractivity contribution is 0.427. The maximum atomic E-state index is 10.6. The summed E-state index contributed by atoms with van der Waals surface area (Å²) in [6.45, 7) is 2.19. The SMILES string of the molecule is CC12CCC(C1)c1c2c(O)c2ccc(Cl)cc2c1O. The minimum absolute atomic E-state index is 0.0232. The molecule has 2 atom stereocenters. The van der Waals surface area contributed by atoms with Gasteiger partial charge in [0.1, 0.15) is 11.5 Å². The molecule has 0 heterocycles. The van der Waals surface area contributed by atoms with Crippen LogP contribution in [0.15, 0.2) is 18.2 Å². The molecule has 0 radical (unpaired) electrons. The first-order valence-electron chi connectivity index (χ1n) is 6.69. The van der Waals surface area contributed by atoms with Crippen LogP contribution in [-0.4, -0.2) is 10.2 Å². The lowest BCUT2D eigenvalue weighted by Crippen LogP contribution is -2.16. The highest BCUT2D eigenvalue weighted by molar-refractivity contribution is 6.31. The number of hydrogen-bond donors (Lipinski definition) is 2. The Morgan fingerprint density at radius 2 is 2.00 bits per heavy atom. The molecule has 2 bridgehead atoms. The van der Waals surface area contributed by atoms with E-state index in [-0.39, 0.29) is 5.41 Å². The van der Waals surface area contributed by atoms with Crippen LogP contribution in [0, 0.1) is 0 Å². The molecular weight excluding hydrogens is 260 g/mol. The van der Waals surface area contributed by atoms with Crippen LogP contribution in [0.2, 0.25) is 5.02 Å². The van der Waals surface area contributed by atoms with Crippen molar-refractivity contribution in [2.24, 2.45) is 0 Å². The lowest BCUT2D eigenvalue weighted by Gasteiger charge is -2.26. The van der Waals surface area contributed by atoms with E-state index in [0.717, 1.165) is 30.4 Å². The van der Waals surface area contributed by atoms with Gasteiger partial charge in [-0.15, -0.1) is 0 Å². The summed E-state index contributed by atoms with van der Waals surface area (Å²) in [7, 11) is 0. The highest BCUT2D eigenvalue weighted by Crippen LogP contribution is 2.63. The lowest BCUT2D eigenvalue weighted by atomic mass is 9.79. The van der Waals surface area contributed by atoms with Crippen LogP contribution in [0.25, 0.3) is 10.8 Å². The average Bonchev–Trinajstić information content (AvgIpc) is 2.89. The van der Waals surface area contributed by atoms with Gasteiger partial charge in [-0.1, -0.05) is 18.5 Å². The van der Waals surface area contributed by atoms with Gasteiger partial charge >= 0.3 is 0 Å². The number of phenols is 2. The van der Waals surface area contributed by atoms with Gasteiger partial charge in [-0.2, -0.15) is 0 Å². The fourth-order valence-corrected chi connectivity index (χ4v) is 4.34. The molecular formula is C16H15ClO2. The van der Waals surface area contributed by atoms with Crippen LogP contribution in [-0.2, 0) is 5.41 Å². The Hall–Kier alpha value is -1.41. The van der Waals surface area contributed by atoms with E-state index in [0.29, 0.717) is 33.2 Å². The van der Waals surface area contributed by atoms with Crippen LogP contribution in [0.1, 0.15) is 43.2 Å². The summed E-state index contributed by atoms with van der Waals surface area (Å²) in [6.07, 6.45) is 3.23. The van der Waals surface area contributed by atoms with Crippen molar-refractivity contribution in [2.75, 3.05) is 0 Å². The largest absolute Gasteiger partial charge is 0.507 e. The quantitative estimate of drug-likeness (QED) is 0.697. The van der Waals surface area contributed by atoms with Gasteiger partial charge in [0.2, 0.25) is 0 Å². The molecule has 0 saturated heterocycles. The third kappa shape index (κ3) is 1.28. The fourth-order valence-electron chi connectivity index (χ4n) is 4.17. The van der Waals surface area contributed by atoms with Gasteiger partial charge in [-0.3, -0.25) is 0 Å². The number of aromatic hydroxyl groups is 2. The zero-order valence-electron chi connectivity index (χ0n) is 10.7. The molecule has 2 aromatic carbocycles. The summed E-state index contributed by atoms with van der Waals surface area (Å²) in [4.78, 5) is 0. The predicted octanol–water partition coefficient (Wildman–Crippen LogP) is 4.44. The number of rotatable bonds is 0. The van der Waals surface area contributed by atoms with Crippen molar-refractivity contribution in [3.05, 3.63) is 34.3 Å². The monoisotopic (exact) mass is 274 g/mol. The fraction of sp³-hybridized carbons (Fsp3) is 0.375. The van der Waals surface area contributed by atoms with Gasteiger partial charge in [-0.05, 0) is 48.8 Å². The van der Waals surface area contributed by atoms with E-state index in [9.17, 15) is 10.2 Å². The Morgan fingerprint density at radius 3 is 2.79 bits per heavy atom. The highest BCUT2D eigenvalue weighted by Gasteiger charge is 2.49. The molecule has 1 fully saturated rings. The maximum Gasteiger partial charge on any atom is 0.127 e. The molecule has 0 aliphatic heterocycles. The first-order valence-corrected chi connectivity index (χ1v) is 7.06. The van der Waals surface area contributed by atoms with Gasteiger partial charge in [0.05, 0.1) is 0 Å². The van der Waals surface area contributed by atoms with Crippen molar-refractivity contribution < 1.29 is 10.2 Å². The molecule has 19 heavy (non-hydrogen) atoms. The first-order chi connectivity index (χ1) is 9.01. The van der Waals surface area contributed by atoms with Crippen LogP contribution < -0.4 is 0 Å². The second kappa shape index (κ2) is 3.37. The van der Waals surface area contributed by atoms with E-state index in [1.807, 2.05) is 0 Å². The molecule has 2 aliphatic rings. The standard InChI is InChI=1S/C16H15ClO2/c1-16-5-4-8(7-16)12-13(16)15(19)10-3-2-9(17)6-11(10)14(12)18/h2-3,6,8,18-19H,4-5,7H2,1H3. The summed E-state index contributed by atoms with van der Waals surface area (Å²) in [5.74, 6) is 1.04. The van der Waals surface area contributed by atoms with Crippen molar-refractivity contribution in [1.29, 1.82) is 0 Å². The van der Waals surface area contributed by atoms with E-state index in [1.54, 1.807) is 18.2 Å². The molecule has 1 saturated carbocycles. The molecule has 2 aliphatic carbocycles. The van der Waals surface area contributed by atoms with E-state index in [4.69, 9.17) is 11.6 Å². The van der Waals surface area contributed by atoms with E-state index >= 15 is 0 Å². The Bertz CT molecular complexity index is 722. The third-order valence-corrected chi connectivity index (χ3v) is 5.24. The van der Waals surface area contributed by atoms with Crippen LogP contribution in [0.3, 0.4) is 0 Å². The van der Waals surface area contributed by atoms with Crippen molar-refractivity contribution in [1.82, 2.24) is 0 Å². The minimum atomic E-state index is 0.0232. The summed E-state index contributed by atoms with van der Waals surface area (Å²) < 4.78 is 0. The average molecular weight is 275 g/mol. The molecule has 3 heteroatoms. The Labute approximate surface area is 116 Å². The molecule has 0 spiro atoms. The number of fused-ring (bicyclic) bond motifs is 6. The normalized spacial score (nSPS) is 28.0. The maximum absolute atomic E-state index is 10.6. The molecule has 2 unspecified atom stereocenters. The molecule has 0 aromatic heterocycles. The summed E-state index contributed by atoms with van der Waals surface area (Å²) in [5.41, 5.74) is 1.95. The molecule has 0 amide bonds. The number of hydrogen-bond acceptors (Lipinski definition) is 2. The van der Waals surface area contributed by atoms with Crippen LogP contribution >= 0.6 is 11.6 Å². The Morgan fingerprint density at radius 1 is 1.21 bits per heavy atom. The van der Waals surface area contributed by atoms with E-state index in [1.165, 1.54) is 0 Å². The second-order valence-corrected chi connectivity index (χ2v) is 6.61. The Kier molecular flexibility index (Phi) is 2.03. The van der Waals surface area contributed by atoms with Crippen LogP contribution in [0.5, 0.6) is 11.5 Å². The van der Waals surface area contributed by atoms with Crippen molar-refractivity contribution in [2.45, 2.75) is 37.5 Å². The zero-order chi connectivity index (χ0) is 13.4. The molecule has 98 valence electrons. The number of halogens is 1. The number of phenolic OH excluding ortho intramolecular Hbond substituents is 2. The van der Waals surface area contributed by atoms with Gasteiger partial charge in [-0.25, -0.2) is 0 Å². The highest BCUT2D eigenvalue weighted by atomic mass is 35.5. The van der Waals surface area contributed by atoms with Crippen molar-refractivity contribution in [3.8, 4) is 11.5 Å². The molecule has 4 rings (SSSR count). The topological polar surface area (TPSA) is 40.5 Å². The summed E-state index contributed by atoms with van der Waals surface area (Å²) in [6, 6.07) is 5.29. The van der Waals surface area contributed by atoms with Gasteiger partial charge in [0.15, 0.2) is 0 Å². The molecule has 2 aromatic rings. The smallest absolute Gasteiger partial charge is 0.127 e. The van der Waals surface area contributed by atoms with Gasteiger partial charge in [0, 0.05) is 26.9 Å².